The molecule has 0 saturated heterocycles. The molecule has 0 saturated carbocycles. The van der Waals surface area contributed by atoms with Crippen molar-refractivity contribution in [1.29, 1.82) is 0 Å². The number of hydrogen-bond acceptors (Lipinski definition) is 7. The van der Waals surface area contributed by atoms with Crippen LogP contribution in [0.3, 0.4) is 0 Å². The summed E-state index contributed by atoms with van der Waals surface area (Å²) in [6.07, 6.45) is 0.364. The highest BCUT2D eigenvalue weighted by atomic mass is 16.5. The van der Waals surface area contributed by atoms with E-state index in [1.54, 1.807) is 44.6 Å². The van der Waals surface area contributed by atoms with Crippen molar-refractivity contribution in [3.63, 3.8) is 0 Å². The van der Waals surface area contributed by atoms with E-state index in [2.05, 4.69) is 25.9 Å². The number of rotatable bonds is 9. The summed E-state index contributed by atoms with van der Waals surface area (Å²) in [5.74, 6) is 1.37. The van der Waals surface area contributed by atoms with E-state index >= 15 is 0 Å². The van der Waals surface area contributed by atoms with Crippen LogP contribution in [-0.4, -0.2) is 47.4 Å². The average Bonchev–Trinajstić information content (AvgIpc) is 3.27. The summed E-state index contributed by atoms with van der Waals surface area (Å²) in [6.45, 7) is 2.50. The first-order valence-electron chi connectivity index (χ1n) is 9.12. The van der Waals surface area contributed by atoms with Crippen LogP contribution in [0, 0.1) is 0 Å². The van der Waals surface area contributed by atoms with Gasteiger partial charge in [-0.25, -0.2) is 0 Å². The largest absolute Gasteiger partial charge is 0.494 e. The molecule has 9 heteroatoms. The molecule has 1 heterocycles. The summed E-state index contributed by atoms with van der Waals surface area (Å²) in [5, 5.41) is 16.9. The van der Waals surface area contributed by atoms with Crippen LogP contribution in [0.4, 0.5) is 5.69 Å². The van der Waals surface area contributed by atoms with Gasteiger partial charge in [-0.1, -0.05) is 11.3 Å². The predicted molar refractivity (Wildman–Crippen MR) is 106 cm³/mol. The number of nitrogens with zero attached hydrogens (tertiary/aromatic N) is 3. The molecule has 3 aromatic rings. The number of methoxy groups -OCH3 is 2. The van der Waals surface area contributed by atoms with Gasteiger partial charge in [0.1, 0.15) is 11.7 Å². The topological polar surface area (TPSA) is 111 Å². The highest BCUT2D eigenvalue weighted by Gasteiger charge is 2.26. The Hall–Kier alpha value is -3.62. The number of aromatic amines is 1. The first-order chi connectivity index (χ1) is 14.1. The van der Waals surface area contributed by atoms with E-state index in [9.17, 15) is 4.79 Å². The van der Waals surface area contributed by atoms with Gasteiger partial charge in [0, 0.05) is 5.69 Å². The minimum absolute atomic E-state index is 0.245. The number of nitrogens with one attached hydrogen (secondary N) is 2. The molecule has 0 bridgehead atoms. The summed E-state index contributed by atoms with van der Waals surface area (Å²) in [7, 11) is 3.14. The molecule has 0 fully saturated rings. The number of aromatic nitrogens is 4. The number of ether oxygens (including phenoxy) is 3. The Kier molecular flexibility index (Phi) is 6.62. The van der Waals surface area contributed by atoms with Gasteiger partial charge in [-0.2, -0.15) is 5.21 Å². The van der Waals surface area contributed by atoms with E-state index in [0.29, 0.717) is 36.0 Å². The summed E-state index contributed by atoms with van der Waals surface area (Å²) in [4.78, 5) is 13.0. The number of carbonyl (C=O) groups excluding carboxylic acids is 1. The lowest BCUT2D eigenvalue weighted by Crippen LogP contribution is -2.24. The third kappa shape index (κ3) is 5.01. The third-order valence-corrected chi connectivity index (χ3v) is 4.31. The Bertz CT molecular complexity index is 929. The monoisotopic (exact) mass is 397 g/mol. The zero-order valence-electron chi connectivity index (χ0n) is 16.5. The smallest absolute Gasteiger partial charge is 0.235 e. The number of carbonyl (C=O) groups is 1. The molecule has 29 heavy (non-hydrogen) atoms. The van der Waals surface area contributed by atoms with Crippen molar-refractivity contribution < 1.29 is 19.0 Å². The van der Waals surface area contributed by atoms with Crippen LogP contribution in [0.1, 0.15) is 24.2 Å². The zero-order chi connectivity index (χ0) is 20.6. The molecule has 9 nitrogen and oxygen atoms in total. The number of anilines is 1. The van der Waals surface area contributed by atoms with Crippen LogP contribution < -0.4 is 19.5 Å². The van der Waals surface area contributed by atoms with Crippen LogP contribution in [0.15, 0.2) is 42.5 Å². The SMILES string of the molecule is CCOc1ccc(NC(=O)[C@H](Cc2ccc(OC)c(OC)c2)c2nn[nH]n2)cc1. The third-order valence-electron chi connectivity index (χ3n) is 4.31. The predicted octanol–water partition coefficient (Wildman–Crippen LogP) is 2.58. The number of H-pyrrole nitrogens is 1. The molecule has 0 aliphatic heterocycles. The Labute approximate surface area is 168 Å². The number of hydrogen-bond donors (Lipinski definition) is 2. The van der Waals surface area contributed by atoms with Crippen LogP contribution in [0.2, 0.25) is 0 Å². The van der Waals surface area contributed by atoms with E-state index in [0.717, 1.165) is 11.3 Å². The van der Waals surface area contributed by atoms with E-state index in [1.165, 1.54) is 0 Å². The first kappa shape index (κ1) is 20.1. The van der Waals surface area contributed by atoms with Gasteiger partial charge in [-0.15, -0.1) is 10.2 Å². The minimum atomic E-state index is -0.640. The van der Waals surface area contributed by atoms with E-state index in [-0.39, 0.29) is 5.91 Å². The molecule has 0 unspecified atom stereocenters. The van der Waals surface area contributed by atoms with Gasteiger partial charge in [-0.3, -0.25) is 4.79 Å². The van der Waals surface area contributed by atoms with Gasteiger partial charge in [0.15, 0.2) is 17.3 Å². The summed E-state index contributed by atoms with van der Waals surface area (Å²) in [6, 6.07) is 12.7. The van der Waals surface area contributed by atoms with Gasteiger partial charge in [0.25, 0.3) is 0 Å². The Morgan fingerprint density at radius 2 is 1.86 bits per heavy atom. The number of amides is 1. The van der Waals surface area contributed by atoms with Crippen LogP contribution in [0.25, 0.3) is 0 Å². The fourth-order valence-corrected chi connectivity index (χ4v) is 2.89. The van der Waals surface area contributed by atoms with Crippen LogP contribution in [0.5, 0.6) is 17.2 Å². The molecule has 0 spiro atoms. The van der Waals surface area contributed by atoms with Gasteiger partial charge in [0.2, 0.25) is 5.91 Å². The second kappa shape index (κ2) is 9.54. The van der Waals surface area contributed by atoms with E-state index < -0.39 is 5.92 Å². The highest BCUT2D eigenvalue weighted by Crippen LogP contribution is 2.30. The number of benzene rings is 2. The standard InChI is InChI=1S/C20H23N5O4/c1-4-29-15-8-6-14(7-9-15)21-20(26)16(19-22-24-25-23-19)11-13-5-10-17(27-2)18(12-13)28-3/h5-10,12,16H,4,11H2,1-3H3,(H,21,26)(H,22,23,24,25)/t16-/m1/s1. The van der Waals surface area contributed by atoms with Gasteiger partial charge >= 0.3 is 0 Å². The molecule has 152 valence electrons. The Morgan fingerprint density at radius 1 is 1.10 bits per heavy atom. The van der Waals surface area contributed by atoms with Crippen molar-refractivity contribution in [2.75, 3.05) is 26.1 Å². The molecule has 1 aromatic heterocycles. The zero-order valence-corrected chi connectivity index (χ0v) is 16.5. The normalized spacial score (nSPS) is 11.6. The molecule has 2 N–H and O–H groups in total. The molecule has 0 radical (unpaired) electrons. The first-order valence-corrected chi connectivity index (χ1v) is 9.12. The molecule has 0 aliphatic carbocycles. The number of tetrazole rings is 1. The minimum Gasteiger partial charge on any atom is -0.494 e. The fraction of sp³-hybridized carbons (Fsp3) is 0.300. The average molecular weight is 397 g/mol. The van der Waals surface area contributed by atoms with Crippen molar-refractivity contribution >= 4 is 11.6 Å². The molecular weight excluding hydrogens is 374 g/mol. The lowest BCUT2D eigenvalue weighted by Gasteiger charge is -2.15. The molecule has 3 rings (SSSR count). The van der Waals surface area contributed by atoms with Gasteiger partial charge in [0.05, 0.1) is 20.8 Å². The van der Waals surface area contributed by atoms with Crippen molar-refractivity contribution in [2.45, 2.75) is 19.3 Å². The fourth-order valence-electron chi connectivity index (χ4n) is 2.89. The molecule has 2 aromatic carbocycles. The summed E-state index contributed by atoms with van der Waals surface area (Å²) < 4.78 is 16.0. The molecule has 1 atom stereocenters. The lowest BCUT2D eigenvalue weighted by molar-refractivity contribution is -0.117. The van der Waals surface area contributed by atoms with Crippen molar-refractivity contribution in [3.8, 4) is 17.2 Å². The summed E-state index contributed by atoms with van der Waals surface area (Å²) in [5.41, 5.74) is 1.53. The molecule has 1 amide bonds. The molecular formula is C20H23N5O4. The quantitative estimate of drug-likeness (QED) is 0.571. The lowest BCUT2D eigenvalue weighted by atomic mass is 9.97. The summed E-state index contributed by atoms with van der Waals surface area (Å²) >= 11 is 0. The molecule has 0 aliphatic rings. The Balaban J connectivity index is 1.79. The van der Waals surface area contributed by atoms with Crippen molar-refractivity contribution in [2.24, 2.45) is 0 Å². The van der Waals surface area contributed by atoms with Crippen LogP contribution in [-0.2, 0) is 11.2 Å². The van der Waals surface area contributed by atoms with Gasteiger partial charge < -0.3 is 19.5 Å². The van der Waals surface area contributed by atoms with Crippen molar-refractivity contribution in [3.05, 3.63) is 53.9 Å². The maximum Gasteiger partial charge on any atom is 0.235 e. The van der Waals surface area contributed by atoms with Gasteiger partial charge in [-0.05, 0) is 55.3 Å². The Morgan fingerprint density at radius 3 is 2.48 bits per heavy atom. The van der Waals surface area contributed by atoms with E-state index in [4.69, 9.17) is 14.2 Å². The maximum absolute atomic E-state index is 13.0. The second-order valence-corrected chi connectivity index (χ2v) is 6.16. The second-order valence-electron chi connectivity index (χ2n) is 6.16. The van der Waals surface area contributed by atoms with Crippen LogP contribution >= 0.6 is 0 Å². The van der Waals surface area contributed by atoms with Crippen molar-refractivity contribution in [1.82, 2.24) is 20.6 Å². The maximum atomic E-state index is 13.0. The van der Waals surface area contributed by atoms with E-state index in [1.807, 2.05) is 19.1 Å². The highest BCUT2D eigenvalue weighted by molar-refractivity contribution is 5.95.